The molecule has 21 heavy (non-hydrogen) atoms. The summed E-state index contributed by atoms with van der Waals surface area (Å²) in [6.45, 7) is 3.40. The zero-order valence-electron chi connectivity index (χ0n) is 12.7. The first-order valence-electron chi connectivity index (χ1n) is 7.13. The zero-order valence-corrected chi connectivity index (χ0v) is 12.7. The van der Waals surface area contributed by atoms with Gasteiger partial charge in [-0.25, -0.2) is 0 Å². The first-order valence-corrected chi connectivity index (χ1v) is 7.13. The Morgan fingerprint density at radius 1 is 1.14 bits per heavy atom. The Balaban J connectivity index is 2.54. The van der Waals surface area contributed by atoms with Crippen LogP contribution < -0.4 is 0 Å². The van der Waals surface area contributed by atoms with Crippen molar-refractivity contribution in [1.82, 2.24) is 4.90 Å². The van der Waals surface area contributed by atoms with Crippen LogP contribution in [0, 0.1) is 0 Å². The van der Waals surface area contributed by atoms with Crippen molar-refractivity contribution < 1.29 is 19.1 Å². The van der Waals surface area contributed by atoms with Crippen LogP contribution in [-0.4, -0.2) is 50.2 Å². The van der Waals surface area contributed by atoms with Crippen molar-refractivity contribution in [3.05, 3.63) is 35.9 Å². The van der Waals surface area contributed by atoms with Gasteiger partial charge in [0.25, 0.3) is 0 Å². The monoisotopic (exact) mass is 293 g/mol. The molecule has 0 aliphatic heterocycles. The molecular weight excluding hydrogens is 270 g/mol. The molecule has 0 heterocycles. The SMILES string of the molecule is CCOC(=O)CCN(CCOC)C(=O)Cc1ccccc1. The molecule has 0 aromatic heterocycles. The summed E-state index contributed by atoms with van der Waals surface area (Å²) in [5.41, 5.74) is 0.959. The molecule has 0 radical (unpaired) electrons. The van der Waals surface area contributed by atoms with Crippen LogP contribution in [0.25, 0.3) is 0 Å². The quantitative estimate of drug-likeness (QED) is 0.650. The molecule has 0 bridgehead atoms. The molecular formula is C16H23NO4. The Morgan fingerprint density at radius 3 is 2.48 bits per heavy atom. The minimum absolute atomic E-state index is 0.0115. The predicted molar refractivity (Wildman–Crippen MR) is 79.9 cm³/mol. The van der Waals surface area contributed by atoms with E-state index in [-0.39, 0.29) is 18.3 Å². The molecule has 1 rings (SSSR count). The molecule has 0 atom stereocenters. The van der Waals surface area contributed by atoms with E-state index >= 15 is 0 Å². The van der Waals surface area contributed by atoms with E-state index in [1.54, 1.807) is 18.9 Å². The number of nitrogens with zero attached hydrogens (tertiary/aromatic N) is 1. The summed E-state index contributed by atoms with van der Waals surface area (Å²) in [5, 5.41) is 0. The number of carbonyl (C=O) groups excluding carboxylic acids is 2. The minimum Gasteiger partial charge on any atom is -0.466 e. The summed E-state index contributed by atoms with van der Waals surface area (Å²) in [6.07, 6.45) is 0.533. The van der Waals surface area contributed by atoms with Crippen LogP contribution in [0.3, 0.4) is 0 Å². The molecule has 1 aromatic rings. The summed E-state index contributed by atoms with van der Waals surface area (Å²) in [4.78, 5) is 25.4. The van der Waals surface area contributed by atoms with E-state index in [1.165, 1.54) is 0 Å². The molecule has 0 saturated heterocycles. The fraction of sp³-hybridized carbons (Fsp3) is 0.500. The van der Waals surface area contributed by atoms with Crippen LogP contribution in [0.4, 0.5) is 0 Å². The average molecular weight is 293 g/mol. The fourth-order valence-electron chi connectivity index (χ4n) is 1.90. The van der Waals surface area contributed by atoms with Crippen molar-refractivity contribution in [3.63, 3.8) is 0 Å². The molecule has 1 aromatic carbocycles. The summed E-state index contributed by atoms with van der Waals surface area (Å²) in [5.74, 6) is -0.296. The van der Waals surface area contributed by atoms with Crippen molar-refractivity contribution in [2.75, 3.05) is 33.4 Å². The molecule has 0 aliphatic rings. The van der Waals surface area contributed by atoms with E-state index in [4.69, 9.17) is 9.47 Å². The van der Waals surface area contributed by atoms with Gasteiger partial charge >= 0.3 is 5.97 Å². The highest BCUT2D eigenvalue weighted by molar-refractivity contribution is 5.79. The minimum atomic E-state index is -0.285. The van der Waals surface area contributed by atoms with Crippen molar-refractivity contribution in [2.24, 2.45) is 0 Å². The zero-order chi connectivity index (χ0) is 15.5. The standard InChI is InChI=1S/C16H23NO4/c1-3-21-16(19)9-10-17(11-12-20-2)15(18)13-14-7-5-4-6-8-14/h4-8H,3,9-13H2,1-2H3. The van der Waals surface area contributed by atoms with Gasteiger partial charge in [0.2, 0.25) is 5.91 Å². The molecule has 0 saturated carbocycles. The van der Waals surface area contributed by atoms with E-state index in [0.717, 1.165) is 5.56 Å². The highest BCUT2D eigenvalue weighted by atomic mass is 16.5. The molecule has 5 heteroatoms. The van der Waals surface area contributed by atoms with Crippen LogP contribution in [0.1, 0.15) is 18.9 Å². The Kier molecular flexibility index (Phi) is 8.12. The smallest absolute Gasteiger partial charge is 0.307 e. The van der Waals surface area contributed by atoms with Crippen LogP contribution in [0.2, 0.25) is 0 Å². The highest BCUT2D eigenvalue weighted by Gasteiger charge is 2.15. The first kappa shape index (κ1) is 17.2. The first-order chi connectivity index (χ1) is 10.2. The van der Waals surface area contributed by atoms with E-state index in [9.17, 15) is 9.59 Å². The molecule has 116 valence electrons. The number of benzene rings is 1. The molecule has 0 aliphatic carbocycles. The lowest BCUT2D eigenvalue weighted by Crippen LogP contribution is -2.36. The van der Waals surface area contributed by atoms with Gasteiger partial charge in [-0.3, -0.25) is 9.59 Å². The van der Waals surface area contributed by atoms with Gasteiger partial charge in [0.05, 0.1) is 26.1 Å². The Labute approximate surface area is 125 Å². The average Bonchev–Trinajstić information content (AvgIpc) is 2.48. The second-order valence-corrected chi connectivity index (χ2v) is 4.59. The third kappa shape index (κ3) is 6.90. The second-order valence-electron chi connectivity index (χ2n) is 4.59. The van der Waals surface area contributed by atoms with E-state index < -0.39 is 0 Å². The van der Waals surface area contributed by atoms with Gasteiger partial charge in [0.15, 0.2) is 0 Å². The second kappa shape index (κ2) is 9.94. The molecule has 0 unspecified atom stereocenters. The van der Waals surface area contributed by atoms with Gasteiger partial charge in [0, 0.05) is 20.2 Å². The van der Waals surface area contributed by atoms with Gasteiger partial charge in [-0.15, -0.1) is 0 Å². The largest absolute Gasteiger partial charge is 0.466 e. The van der Waals surface area contributed by atoms with Gasteiger partial charge < -0.3 is 14.4 Å². The van der Waals surface area contributed by atoms with Gasteiger partial charge in [-0.2, -0.15) is 0 Å². The van der Waals surface area contributed by atoms with Crippen LogP contribution in [0.15, 0.2) is 30.3 Å². The van der Waals surface area contributed by atoms with Crippen molar-refractivity contribution in [1.29, 1.82) is 0 Å². The van der Waals surface area contributed by atoms with Gasteiger partial charge in [0.1, 0.15) is 0 Å². The predicted octanol–water partition coefficient (Wildman–Crippen LogP) is 1.66. The maximum Gasteiger partial charge on any atom is 0.307 e. The third-order valence-corrected chi connectivity index (χ3v) is 3.01. The number of carbonyl (C=O) groups is 2. The summed E-state index contributed by atoms with van der Waals surface area (Å²) < 4.78 is 9.90. The van der Waals surface area contributed by atoms with E-state index in [1.807, 2.05) is 30.3 Å². The van der Waals surface area contributed by atoms with Crippen LogP contribution >= 0.6 is 0 Å². The number of amides is 1. The van der Waals surface area contributed by atoms with Crippen molar-refractivity contribution in [2.45, 2.75) is 19.8 Å². The van der Waals surface area contributed by atoms with E-state index in [0.29, 0.717) is 32.7 Å². The Morgan fingerprint density at radius 2 is 1.86 bits per heavy atom. The Bertz CT molecular complexity index is 433. The number of rotatable bonds is 9. The number of methoxy groups -OCH3 is 1. The maximum atomic E-state index is 12.3. The highest BCUT2D eigenvalue weighted by Crippen LogP contribution is 2.04. The lowest BCUT2D eigenvalue weighted by atomic mass is 10.1. The number of ether oxygens (including phenoxy) is 2. The molecule has 0 N–H and O–H groups in total. The third-order valence-electron chi connectivity index (χ3n) is 3.01. The fourth-order valence-corrected chi connectivity index (χ4v) is 1.90. The van der Waals surface area contributed by atoms with Crippen LogP contribution in [0.5, 0.6) is 0 Å². The van der Waals surface area contributed by atoms with E-state index in [2.05, 4.69) is 0 Å². The van der Waals surface area contributed by atoms with Crippen LogP contribution in [-0.2, 0) is 25.5 Å². The Hall–Kier alpha value is -1.88. The summed E-state index contributed by atoms with van der Waals surface area (Å²) in [7, 11) is 1.59. The lowest BCUT2D eigenvalue weighted by Gasteiger charge is -2.22. The lowest BCUT2D eigenvalue weighted by molar-refractivity contribution is -0.144. The molecule has 1 amide bonds. The maximum absolute atomic E-state index is 12.3. The topological polar surface area (TPSA) is 55.8 Å². The normalized spacial score (nSPS) is 10.2. The molecule has 0 spiro atoms. The van der Waals surface area contributed by atoms with Gasteiger partial charge in [-0.05, 0) is 12.5 Å². The number of esters is 1. The molecule has 0 fully saturated rings. The summed E-state index contributed by atoms with van der Waals surface area (Å²) in [6, 6.07) is 9.55. The number of hydrogen-bond acceptors (Lipinski definition) is 4. The van der Waals surface area contributed by atoms with Crippen molar-refractivity contribution in [3.8, 4) is 0 Å². The summed E-state index contributed by atoms with van der Waals surface area (Å²) >= 11 is 0. The molecule has 5 nitrogen and oxygen atoms in total. The number of hydrogen-bond donors (Lipinski definition) is 0. The van der Waals surface area contributed by atoms with Crippen molar-refractivity contribution >= 4 is 11.9 Å². The van der Waals surface area contributed by atoms with Gasteiger partial charge in [-0.1, -0.05) is 30.3 Å².